The number of nitrogens with one attached hydrogen (secondary N) is 2. The largest absolute Gasteiger partial charge is 0.313 e. The van der Waals surface area contributed by atoms with Gasteiger partial charge in [0.05, 0.1) is 5.75 Å². The van der Waals surface area contributed by atoms with Gasteiger partial charge in [-0.05, 0) is 25.5 Å². The van der Waals surface area contributed by atoms with Crippen molar-refractivity contribution in [1.29, 1.82) is 0 Å². The van der Waals surface area contributed by atoms with E-state index in [0.29, 0.717) is 5.56 Å². The van der Waals surface area contributed by atoms with Crippen molar-refractivity contribution >= 4 is 10.0 Å². The molecular weight excluding hydrogens is 255 g/mol. The van der Waals surface area contributed by atoms with E-state index in [0.717, 1.165) is 19.4 Å². The van der Waals surface area contributed by atoms with E-state index in [1.807, 2.05) is 0 Å². The van der Waals surface area contributed by atoms with Crippen LogP contribution in [0.5, 0.6) is 0 Å². The van der Waals surface area contributed by atoms with Gasteiger partial charge in [0.25, 0.3) is 0 Å². The van der Waals surface area contributed by atoms with Gasteiger partial charge in [0.1, 0.15) is 5.82 Å². The van der Waals surface area contributed by atoms with Gasteiger partial charge < -0.3 is 5.32 Å². The highest BCUT2D eigenvalue weighted by molar-refractivity contribution is 7.89. The number of benzene rings is 1. The molecule has 0 aromatic heterocycles. The van der Waals surface area contributed by atoms with Crippen LogP contribution in [0.3, 0.4) is 0 Å². The molecule has 1 heterocycles. The zero-order valence-corrected chi connectivity index (χ0v) is 10.8. The van der Waals surface area contributed by atoms with Crippen LogP contribution in [0.15, 0.2) is 24.3 Å². The highest BCUT2D eigenvalue weighted by atomic mass is 32.2. The fourth-order valence-electron chi connectivity index (χ4n) is 2.05. The lowest BCUT2D eigenvalue weighted by Gasteiger charge is -2.12. The Labute approximate surface area is 107 Å². The van der Waals surface area contributed by atoms with Crippen molar-refractivity contribution in [3.8, 4) is 0 Å². The van der Waals surface area contributed by atoms with E-state index in [9.17, 15) is 12.8 Å². The predicted octanol–water partition coefficient (Wildman–Crippen LogP) is 0.997. The zero-order valence-electron chi connectivity index (χ0n) is 10.0. The molecule has 1 aliphatic rings. The first-order valence-electron chi connectivity index (χ1n) is 6.01. The molecule has 100 valence electrons. The van der Waals surface area contributed by atoms with Crippen LogP contribution in [0.1, 0.15) is 18.4 Å². The summed E-state index contributed by atoms with van der Waals surface area (Å²) in [5, 5.41) is 3.13. The van der Waals surface area contributed by atoms with Gasteiger partial charge in [0.15, 0.2) is 0 Å². The van der Waals surface area contributed by atoms with Gasteiger partial charge in [-0.3, -0.25) is 0 Å². The molecular formula is C12H17FN2O2S. The van der Waals surface area contributed by atoms with Crippen molar-refractivity contribution in [1.82, 2.24) is 10.0 Å². The van der Waals surface area contributed by atoms with Gasteiger partial charge >= 0.3 is 0 Å². The molecule has 0 amide bonds. The second kappa shape index (κ2) is 5.77. The Balaban J connectivity index is 1.90. The van der Waals surface area contributed by atoms with Crippen molar-refractivity contribution in [2.75, 3.05) is 12.3 Å². The van der Waals surface area contributed by atoms with E-state index < -0.39 is 10.0 Å². The van der Waals surface area contributed by atoms with Gasteiger partial charge in [-0.1, -0.05) is 18.2 Å². The molecule has 0 saturated carbocycles. The summed E-state index contributed by atoms with van der Waals surface area (Å²) in [6.45, 7) is 0.870. The molecule has 1 fully saturated rings. The lowest BCUT2D eigenvalue weighted by atomic mass is 10.2. The van der Waals surface area contributed by atoms with Crippen LogP contribution in [0, 0.1) is 5.82 Å². The first-order chi connectivity index (χ1) is 8.57. The minimum atomic E-state index is -3.36. The molecule has 1 aromatic rings. The van der Waals surface area contributed by atoms with Gasteiger partial charge in [0.2, 0.25) is 10.0 Å². The molecule has 0 radical (unpaired) electrons. The average Bonchev–Trinajstić information content (AvgIpc) is 2.80. The summed E-state index contributed by atoms with van der Waals surface area (Å²) >= 11 is 0. The van der Waals surface area contributed by atoms with Gasteiger partial charge in [-0.15, -0.1) is 0 Å². The van der Waals surface area contributed by atoms with Crippen molar-refractivity contribution < 1.29 is 12.8 Å². The molecule has 4 nitrogen and oxygen atoms in total. The maximum atomic E-state index is 13.3. The first kappa shape index (κ1) is 13.5. The van der Waals surface area contributed by atoms with Crippen molar-refractivity contribution in [2.45, 2.75) is 25.4 Å². The van der Waals surface area contributed by atoms with Gasteiger partial charge in [0, 0.05) is 18.2 Å². The lowest BCUT2D eigenvalue weighted by molar-refractivity contribution is 0.559. The summed E-state index contributed by atoms with van der Waals surface area (Å²) in [4.78, 5) is 0. The van der Waals surface area contributed by atoms with Crippen LogP contribution in [0.25, 0.3) is 0 Å². The molecule has 1 aliphatic heterocycles. The highest BCUT2D eigenvalue weighted by Crippen LogP contribution is 2.09. The van der Waals surface area contributed by atoms with Gasteiger partial charge in [-0.25, -0.2) is 17.5 Å². The quantitative estimate of drug-likeness (QED) is 0.840. The smallest absolute Gasteiger partial charge is 0.213 e. The topological polar surface area (TPSA) is 58.2 Å². The maximum absolute atomic E-state index is 13.3. The Bertz CT molecular complexity index is 499. The van der Waals surface area contributed by atoms with E-state index >= 15 is 0 Å². The number of sulfonamides is 1. The Morgan fingerprint density at radius 1 is 1.39 bits per heavy atom. The van der Waals surface area contributed by atoms with Crippen molar-refractivity contribution in [3.63, 3.8) is 0 Å². The fourth-order valence-corrected chi connectivity index (χ4v) is 3.36. The van der Waals surface area contributed by atoms with Crippen molar-refractivity contribution in [3.05, 3.63) is 35.6 Å². The third kappa shape index (κ3) is 3.76. The molecule has 0 spiro atoms. The molecule has 6 heteroatoms. The first-order valence-corrected chi connectivity index (χ1v) is 7.66. The maximum Gasteiger partial charge on any atom is 0.213 e. The molecule has 1 aromatic carbocycles. The predicted molar refractivity (Wildman–Crippen MR) is 68.1 cm³/mol. The van der Waals surface area contributed by atoms with E-state index in [4.69, 9.17) is 0 Å². The summed E-state index contributed by atoms with van der Waals surface area (Å²) in [5.41, 5.74) is 0.362. The monoisotopic (exact) mass is 272 g/mol. The summed E-state index contributed by atoms with van der Waals surface area (Å²) in [5.74, 6) is -0.333. The van der Waals surface area contributed by atoms with E-state index in [1.54, 1.807) is 18.2 Å². The molecule has 18 heavy (non-hydrogen) atoms. The molecule has 2 N–H and O–H groups in total. The number of hydrogen-bond donors (Lipinski definition) is 2. The van der Waals surface area contributed by atoms with Crippen LogP contribution in [0.2, 0.25) is 0 Å². The van der Waals surface area contributed by atoms with E-state index in [2.05, 4.69) is 10.0 Å². The fraction of sp³-hybridized carbons (Fsp3) is 0.500. The molecule has 0 bridgehead atoms. The SMILES string of the molecule is O=S(=O)(CC1CCCN1)NCc1ccccc1F. The standard InChI is InChI=1S/C12H17FN2O2S/c13-12-6-2-1-4-10(12)8-15-18(16,17)9-11-5-3-7-14-11/h1-2,4,6,11,14-15H,3,5,7-9H2. The average molecular weight is 272 g/mol. The third-order valence-electron chi connectivity index (χ3n) is 3.02. The van der Waals surface area contributed by atoms with Crippen LogP contribution in [-0.2, 0) is 16.6 Å². The number of rotatable bonds is 5. The van der Waals surface area contributed by atoms with Crippen LogP contribution in [-0.4, -0.2) is 26.8 Å². The van der Waals surface area contributed by atoms with Crippen LogP contribution >= 0.6 is 0 Å². The molecule has 1 atom stereocenters. The minimum Gasteiger partial charge on any atom is -0.313 e. The Morgan fingerprint density at radius 3 is 2.83 bits per heavy atom. The zero-order chi connectivity index (χ0) is 13.0. The van der Waals surface area contributed by atoms with Gasteiger partial charge in [-0.2, -0.15) is 0 Å². The molecule has 1 saturated heterocycles. The highest BCUT2D eigenvalue weighted by Gasteiger charge is 2.21. The Kier molecular flexibility index (Phi) is 4.31. The van der Waals surface area contributed by atoms with Crippen LogP contribution < -0.4 is 10.0 Å². The number of halogens is 1. The molecule has 0 aliphatic carbocycles. The Morgan fingerprint density at radius 2 is 2.17 bits per heavy atom. The number of hydrogen-bond acceptors (Lipinski definition) is 3. The van der Waals surface area contributed by atoms with Crippen LogP contribution in [0.4, 0.5) is 4.39 Å². The summed E-state index contributed by atoms with van der Waals surface area (Å²) in [6.07, 6.45) is 1.88. The third-order valence-corrected chi connectivity index (χ3v) is 4.45. The Hall–Kier alpha value is -0.980. The molecule has 2 rings (SSSR count). The minimum absolute atomic E-state index is 0.00171. The second-order valence-corrected chi connectivity index (χ2v) is 6.34. The molecule has 1 unspecified atom stereocenters. The van der Waals surface area contributed by atoms with E-state index in [1.165, 1.54) is 6.07 Å². The summed E-state index contributed by atoms with van der Waals surface area (Å²) < 4.78 is 39.4. The summed E-state index contributed by atoms with van der Waals surface area (Å²) in [7, 11) is -3.36. The van der Waals surface area contributed by atoms with Crippen molar-refractivity contribution in [2.24, 2.45) is 0 Å². The van der Waals surface area contributed by atoms with E-state index in [-0.39, 0.29) is 24.2 Å². The lowest BCUT2D eigenvalue weighted by Crippen LogP contribution is -2.36. The summed E-state index contributed by atoms with van der Waals surface area (Å²) in [6, 6.07) is 6.18. The normalized spacial score (nSPS) is 20.2. The second-order valence-electron chi connectivity index (χ2n) is 4.49.